The molecule has 0 spiro atoms. The summed E-state index contributed by atoms with van der Waals surface area (Å²) in [5, 5.41) is 0. The maximum Gasteiger partial charge on any atom is 0.305 e. The number of hydroxylamine groups is 1. The number of cyclic esters (lactones) is 1. The lowest BCUT2D eigenvalue weighted by atomic mass is 10.1. The van der Waals surface area contributed by atoms with Crippen LogP contribution in [0.25, 0.3) is 0 Å². The second-order valence-electron chi connectivity index (χ2n) is 4.92. The lowest BCUT2D eigenvalue weighted by molar-refractivity contribution is -0.147. The van der Waals surface area contributed by atoms with E-state index in [0.29, 0.717) is 12.8 Å². The SMILES string of the molecule is O=C1CCCCCCCCCCC(=O)OCCON1. The number of hydrogen-bond acceptors (Lipinski definition) is 4. The number of carbonyl (C=O) groups is 2. The monoisotopic (exact) mass is 271 g/mol. The first-order chi connectivity index (χ1) is 9.29. The lowest BCUT2D eigenvalue weighted by Gasteiger charge is -2.06. The summed E-state index contributed by atoms with van der Waals surface area (Å²) in [4.78, 5) is 27.6. The molecule has 1 saturated heterocycles. The third-order valence-corrected chi connectivity index (χ3v) is 3.17. The van der Waals surface area contributed by atoms with E-state index in [4.69, 9.17) is 9.57 Å². The molecule has 0 unspecified atom stereocenters. The molecule has 1 N–H and O–H groups in total. The third kappa shape index (κ3) is 9.47. The molecule has 1 aliphatic rings. The molecule has 1 amide bonds. The van der Waals surface area contributed by atoms with Crippen LogP contribution < -0.4 is 5.48 Å². The molecular formula is C14H25NO4. The van der Waals surface area contributed by atoms with Gasteiger partial charge in [-0.1, -0.05) is 38.5 Å². The van der Waals surface area contributed by atoms with Crippen LogP contribution >= 0.6 is 0 Å². The van der Waals surface area contributed by atoms with Crippen LogP contribution in [0.2, 0.25) is 0 Å². The molecular weight excluding hydrogens is 246 g/mol. The Morgan fingerprint density at radius 2 is 1.32 bits per heavy atom. The van der Waals surface area contributed by atoms with Gasteiger partial charge in [-0.05, 0) is 12.8 Å². The molecule has 0 aromatic rings. The number of rotatable bonds is 0. The van der Waals surface area contributed by atoms with Crippen LogP contribution in [-0.2, 0) is 19.2 Å². The second kappa shape index (κ2) is 10.8. The number of amides is 1. The number of nitrogens with one attached hydrogen (secondary N) is 1. The van der Waals surface area contributed by atoms with Gasteiger partial charge in [0.1, 0.15) is 13.2 Å². The van der Waals surface area contributed by atoms with Gasteiger partial charge >= 0.3 is 5.97 Å². The van der Waals surface area contributed by atoms with Crippen LogP contribution in [-0.4, -0.2) is 25.1 Å². The third-order valence-electron chi connectivity index (χ3n) is 3.17. The molecule has 19 heavy (non-hydrogen) atoms. The first-order valence-electron chi connectivity index (χ1n) is 7.35. The Morgan fingerprint density at radius 1 is 0.737 bits per heavy atom. The number of carbonyl (C=O) groups excluding carboxylic acids is 2. The van der Waals surface area contributed by atoms with Gasteiger partial charge in [0.25, 0.3) is 0 Å². The van der Waals surface area contributed by atoms with E-state index >= 15 is 0 Å². The van der Waals surface area contributed by atoms with Crippen LogP contribution in [0.3, 0.4) is 0 Å². The highest BCUT2D eigenvalue weighted by molar-refractivity contribution is 5.74. The standard InChI is InChI=1S/C14H25NO4/c16-13-9-7-5-3-1-2-4-6-8-10-14(17)18-11-12-19-15-13/h1-12H2,(H,15,16). The maximum absolute atomic E-state index is 11.4. The second-order valence-corrected chi connectivity index (χ2v) is 4.92. The van der Waals surface area contributed by atoms with E-state index < -0.39 is 0 Å². The molecule has 0 bridgehead atoms. The van der Waals surface area contributed by atoms with Gasteiger partial charge in [-0.2, -0.15) is 0 Å². The zero-order valence-corrected chi connectivity index (χ0v) is 11.6. The van der Waals surface area contributed by atoms with Crippen molar-refractivity contribution in [2.75, 3.05) is 13.2 Å². The minimum atomic E-state index is -0.181. The Bertz CT molecular complexity index is 242. The van der Waals surface area contributed by atoms with Crippen molar-refractivity contribution in [2.45, 2.75) is 64.2 Å². The van der Waals surface area contributed by atoms with Crippen molar-refractivity contribution in [2.24, 2.45) is 0 Å². The van der Waals surface area contributed by atoms with Crippen molar-refractivity contribution in [3.8, 4) is 0 Å². The first kappa shape index (κ1) is 16.0. The quantitative estimate of drug-likeness (QED) is 0.687. The van der Waals surface area contributed by atoms with Gasteiger partial charge in [0.15, 0.2) is 0 Å². The van der Waals surface area contributed by atoms with Crippen molar-refractivity contribution in [3.05, 3.63) is 0 Å². The fourth-order valence-corrected chi connectivity index (χ4v) is 2.07. The van der Waals surface area contributed by atoms with Gasteiger partial charge in [-0.25, -0.2) is 5.48 Å². The molecule has 0 saturated carbocycles. The minimum absolute atomic E-state index is 0.101. The van der Waals surface area contributed by atoms with Crippen molar-refractivity contribution >= 4 is 11.9 Å². The smallest absolute Gasteiger partial charge is 0.305 e. The molecule has 0 aliphatic carbocycles. The van der Waals surface area contributed by atoms with E-state index in [0.717, 1.165) is 25.7 Å². The molecule has 5 heteroatoms. The summed E-state index contributed by atoms with van der Waals surface area (Å²) >= 11 is 0. The van der Waals surface area contributed by atoms with E-state index in [2.05, 4.69) is 5.48 Å². The molecule has 0 atom stereocenters. The molecule has 0 radical (unpaired) electrons. The largest absolute Gasteiger partial charge is 0.463 e. The van der Waals surface area contributed by atoms with Gasteiger partial charge in [0.2, 0.25) is 5.91 Å². The maximum atomic E-state index is 11.4. The molecule has 0 aromatic carbocycles. The molecule has 1 aliphatic heterocycles. The van der Waals surface area contributed by atoms with E-state index in [1.807, 2.05) is 0 Å². The molecule has 0 aromatic heterocycles. The molecule has 1 fully saturated rings. The predicted molar refractivity (Wildman–Crippen MR) is 71.2 cm³/mol. The van der Waals surface area contributed by atoms with Gasteiger partial charge < -0.3 is 4.74 Å². The first-order valence-corrected chi connectivity index (χ1v) is 7.35. The summed E-state index contributed by atoms with van der Waals surface area (Å²) in [6, 6.07) is 0. The van der Waals surface area contributed by atoms with Crippen molar-refractivity contribution < 1.29 is 19.2 Å². The van der Waals surface area contributed by atoms with Crippen molar-refractivity contribution in [1.29, 1.82) is 0 Å². The molecule has 1 rings (SSSR count). The summed E-state index contributed by atoms with van der Waals surface area (Å²) in [6.45, 7) is 0.399. The highest BCUT2D eigenvalue weighted by atomic mass is 16.7. The summed E-state index contributed by atoms with van der Waals surface area (Å²) in [6.07, 6.45) is 9.74. The van der Waals surface area contributed by atoms with Crippen LogP contribution in [0.4, 0.5) is 0 Å². The van der Waals surface area contributed by atoms with Gasteiger partial charge in [-0.3, -0.25) is 14.4 Å². The average molecular weight is 271 g/mol. The topological polar surface area (TPSA) is 64.6 Å². The predicted octanol–water partition coefficient (Wildman–Crippen LogP) is 2.49. The Balaban J connectivity index is 2.21. The van der Waals surface area contributed by atoms with Gasteiger partial charge in [-0.15, -0.1) is 0 Å². The Morgan fingerprint density at radius 3 is 2.00 bits per heavy atom. The highest BCUT2D eigenvalue weighted by Crippen LogP contribution is 2.11. The van der Waals surface area contributed by atoms with Gasteiger partial charge in [0.05, 0.1) is 0 Å². The van der Waals surface area contributed by atoms with E-state index in [1.54, 1.807) is 0 Å². The van der Waals surface area contributed by atoms with Crippen molar-refractivity contribution in [1.82, 2.24) is 5.48 Å². The number of hydrogen-bond donors (Lipinski definition) is 1. The fraction of sp³-hybridized carbons (Fsp3) is 0.857. The summed E-state index contributed by atoms with van der Waals surface area (Å²) < 4.78 is 4.99. The Labute approximate surface area is 115 Å². The van der Waals surface area contributed by atoms with Crippen LogP contribution in [0.5, 0.6) is 0 Å². The van der Waals surface area contributed by atoms with Crippen molar-refractivity contribution in [3.63, 3.8) is 0 Å². The molecule has 5 nitrogen and oxygen atoms in total. The lowest BCUT2D eigenvalue weighted by Crippen LogP contribution is -2.25. The molecule has 1 heterocycles. The van der Waals surface area contributed by atoms with E-state index in [9.17, 15) is 9.59 Å². The zero-order chi connectivity index (χ0) is 13.8. The van der Waals surface area contributed by atoms with Crippen LogP contribution in [0, 0.1) is 0 Å². The zero-order valence-electron chi connectivity index (χ0n) is 11.6. The van der Waals surface area contributed by atoms with Crippen LogP contribution in [0.1, 0.15) is 64.2 Å². The Hall–Kier alpha value is -1.10. The molecule has 110 valence electrons. The summed E-state index contributed by atoms with van der Waals surface area (Å²) in [7, 11) is 0. The van der Waals surface area contributed by atoms with Crippen LogP contribution in [0.15, 0.2) is 0 Å². The van der Waals surface area contributed by atoms with E-state index in [-0.39, 0.29) is 25.1 Å². The highest BCUT2D eigenvalue weighted by Gasteiger charge is 2.05. The normalized spacial score (nSPS) is 22.1. The fourth-order valence-electron chi connectivity index (χ4n) is 2.07. The van der Waals surface area contributed by atoms with Gasteiger partial charge in [0, 0.05) is 12.8 Å². The Kier molecular flexibility index (Phi) is 9.06. The summed E-state index contributed by atoms with van der Waals surface area (Å²) in [5.41, 5.74) is 2.36. The summed E-state index contributed by atoms with van der Waals surface area (Å²) in [5.74, 6) is -0.283. The average Bonchev–Trinajstić information content (AvgIpc) is 2.39. The number of esters is 1. The van der Waals surface area contributed by atoms with E-state index in [1.165, 1.54) is 25.7 Å². The number of ether oxygens (including phenoxy) is 1. The minimum Gasteiger partial charge on any atom is -0.463 e.